The molecule has 4 heteroatoms. The maximum atomic E-state index is 12.3. The standard InChI is InChI=1S/C22H26O4/c1-14-13-17(11-12-18(14)21(24)26-22(4,5)6)20-10-8-7-9-19(20)15(2)25-16(3)23/h7-13,15H,1-6H3. The van der Waals surface area contributed by atoms with Crippen LogP contribution in [-0.4, -0.2) is 17.5 Å². The lowest BCUT2D eigenvalue weighted by atomic mass is 9.94. The molecule has 0 saturated carbocycles. The Morgan fingerprint density at radius 2 is 1.69 bits per heavy atom. The van der Waals surface area contributed by atoms with E-state index in [-0.39, 0.29) is 18.0 Å². The smallest absolute Gasteiger partial charge is 0.338 e. The summed E-state index contributed by atoms with van der Waals surface area (Å²) in [4.78, 5) is 23.6. The molecule has 26 heavy (non-hydrogen) atoms. The fourth-order valence-corrected chi connectivity index (χ4v) is 2.82. The Bertz CT molecular complexity index is 815. The third-order valence-electron chi connectivity index (χ3n) is 3.90. The maximum absolute atomic E-state index is 12.3. The van der Waals surface area contributed by atoms with Gasteiger partial charge in [0.25, 0.3) is 0 Å². The van der Waals surface area contributed by atoms with Crippen LogP contribution in [0.2, 0.25) is 0 Å². The number of esters is 2. The first-order valence-electron chi connectivity index (χ1n) is 8.69. The van der Waals surface area contributed by atoms with Gasteiger partial charge < -0.3 is 9.47 Å². The van der Waals surface area contributed by atoms with E-state index in [1.54, 1.807) is 6.07 Å². The SMILES string of the molecule is CC(=O)OC(C)c1ccccc1-c1ccc(C(=O)OC(C)(C)C)c(C)c1. The van der Waals surface area contributed by atoms with Crippen LogP contribution in [0.15, 0.2) is 42.5 Å². The second-order valence-corrected chi connectivity index (χ2v) is 7.37. The Kier molecular flexibility index (Phi) is 5.86. The van der Waals surface area contributed by atoms with Gasteiger partial charge in [0.05, 0.1) is 5.56 Å². The molecule has 1 unspecified atom stereocenters. The molecule has 0 radical (unpaired) electrons. The highest BCUT2D eigenvalue weighted by Crippen LogP contribution is 2.31. The number of hydrogen-bond acceptors (Lipinski definition) is 4. The van der Waals surface area contributed by atoms with Gasteiger partial charge in [-0.05, 0) is 62.9 Å². The van der Waals surface area contributed by atoms with Crippen LogP contribution in [0.4, 0.5) is 0 Å². The van der Waals surface area contributed by atoms with Crippen molar-refractivity contribution in [2.24, 2.45) is 0 Å². The molecule has 1 atom stereocenters. The molecule has 138 valence electrons. The van der Waals surface area contributed by atoms with E-state index >= 15 is 0 Å². The lowest BCUT2D eigenvalue weighted by Crippen LogP contribution is -2.24. The molecule has 0 aliphatic carbocycles. The molecule has 0 N–H and O–H groups in total. The molecule has 4 nitrogen and oxygen atoms in total. The van der Waals surface area contributed by atoms with Crippen LogP contribution in [0.3, 0.4) is 0 Å². The summed E-state index contributed by atoms with van der Waals surface area (Å²) >= 11 is 0. The van der Waals surface area contributed by atoms with Crippen LogP contribution in [0.25, 0.3) is 11.1 Å². The van der Waals surface area contributed by atoms with E-state index in [1.807, 2.05) is 71.0 Å². The van der Waals surface area contributed by atoms with Gasteiger partial charge >= 0.3 is 11.9 Å². The predicted molar refractivity (Wildman–Crippen MR) is 102 cm³/mol. The molecule has 0 saturated heterocycles. The molecule has 0 aliphatic heterocycles. The average Bonchev–Trinajstić information content (AvgIpc) is 2.52. The van der Waals surface area contributed by atoms with Gasteiger partial charge in [-0.3, -0.25) is 4.79 Å². The molecule has 2 aromatic carbocycles. The van der Waals surface area contributed by atoms with Crippen LogP contribution in [0.5, 0.6) is 0 Å². The normalized spacial score (nSPS) is 12.4. The Labute approximate surface area is 155 Å². The summed E-state index contributed by atoms with van der Waals surface area (Å²) in [6.07, 6.45) is -0.352. The van der Waals surface area contributed by atoms with E-state index < -0.39 is 5.60 Å². The highest BCUT2D eigenvalue weighted by Gasteiger charge is 2.20. The summed E-state index contributed by atoms with van der Waals surface area (Å²) in [7, 11) is 0. The largest absolute Gasteiger partial charge is 0.458 e. The van der Waals surface area contributed by atoms with Gasteiger partial charge in [0.15, 0.2) is 0 Å². The fraction of sp³-hybridized carbons (Fsp3) is 0.364. The molecule has 0 heterocycles. The third-order valence-corrected chi connectivity index (χ3v) is 3.90. The first kappa shape index (κ1) is 19.7. The Balaban J connectivity index is 2.38. The number of hydrogen-bond donors (Lipinski definition) is 0. The second-order valence-electron chi connectivity index (χ2n) is 7.37. The minimum Gasteiger partial charge on any atom is -0.458 e. The van der Waals surface area contributed by atoms with Gasteiger partial charge in [0.1, 0.15) is 11.7 Å². The molecule has 0 amide bonds. The van der Waals surface area contributed by atoms with Crippen molar-refractivity contribution in [3.05, 3.63) is 59.2 Å². The number of carbonyl (C=O) groups excluding carboxylic acids is 2. The van der Waals surface area contributed by atoms with Gasteiger partial charge in [-0.1, -0.05) is 36.4 Å². The molecule has 2 rings (SSSR count). The molecule has 0 fully saturated rings. The summed E-state index contributed by atoms with van der Waals surface area (Å²) in [5.41, 5.74) is 3.71. The highest BCUT2D eigenvalue weighted by atomic mass is 16.6. The molecule has 2 aromatic rings. The van der Waals surface area contributed by atoms with Gasteiger partial charge in [0, 0.05) is 6.92 Å². The molecule has 0 aromatic heterocycles. The lowest BCUT2D eigenvalue weighted by Gasteiger charge is -2.21. The van der Waals surface area contributed by atoms with Crippen molar-refractivity contribution in [2.75, 3.05) is 0 Å². The van der Waals surface area contributed by atoms with E-state index in [9.17, 15) is 9.59 Å². The summed E-state index contributed by atoms with van der Waals surface area (Å²) in [5.74, 6) is -0.646. The van der Waals surface area contributed by atoms with Crippen LogP contribution in [0, 0.1) is 6.92 Å². The van der Waals surface area contributed by atoms with E-state index in [4.69, 9.17) is 9.47 Å². The highest BCUT2D eigenvalue weighted by molar-refractivity contribution is 5.92. The lowest BCUT2D eigenvalue weighted by molar-refractivity contribution is -0.145. The zero-order chi connectivity index (χ0) is 19.5. The number of rotatable bonds is 4. The zero-order valence-corrected chi connectivity index (χ0v) is 16.3. The van der Waals surface area contributed by atoms with Crippen molar-refractivity contribution in [3.63, 3.8) is 0 Å². The quantitative estimate of drug-likeness (QED) is 0.705. The van der Waals surface area contributed by atoms with Crippen LogP contribution in [0.1, 0.15) is 62.2 Å². The van der Waals surface area contributed by atoms with Crippen molar-refractivity contribution >= 4 is 11.9 Å². The van der Waals surface area contributed by atoms with Crippen LogP contribution < -0.4 is 0 Å². The van der Waals surface area contributed by atoms with Gasteiger partial charge in [-0.2, -0.15) is 0 Å². The zero-order valence-electron chi connectivity index (χ0n) is 16.3. The van der Waals surface area contributed by atoms with Crippen LogP contribution in [-0.2, 0) is 14.3 Å². The van der Waals surface area contributed by atoms with E-state index in [0.29, 0.717) is 5.56 Å². The summed E-state index contributed by atoms with van der Waals surface area (Å²) < 4.78 is 10.8. The van der Waals surface area contributed by atoms with Gasteiger partial charge in [-0.25, -0.2) is 4.79 Å². The van der Waals surface area contributed by atoms with Gasteiger partial charge in [-0.15, -0.1) is 0 Å². The third kappa shape index (κ3) is 4.94. The summed E-state index contributed by atoms with van der Waals surface area (Å²) in [6.45, 7) is 10.7. The van der Waals surface area contributed by atoms with Crippen molar-refractivity contribution in [1.82, 2.24) is 0 Å². The Hall–Kier alpha value is -2.62. The fourth-order valence-electron chi connectivity index (χ4n) is 2.82. The first-order valence-corrected chi connectivity index (χ1v) is 8.69. The molecule has 0 spiro atoms. The predicted octanol–water partition coefficient (Wildman–Crippen LogP) is 5.24. The number of carbonyl (C=O) groups is 2. The summed E-state index contributed by atoms with van der Waals surface area (Å²) in [6, 6.07) is 13.4. The molecule has 0 bridgehead atoms. The monoisotopic (exact) mass is 354 g/mol. The topological polar surface area (TPSA) is 52.6 Å². The minimum atomic E-state index is -0.533. The Morgan fingerprint density at radius 1 is 1.04 bits per heavy atom. The average molecular weight is 354 g/mol. The molecule has 0 aliphatic rings. The number of benzene rings is 2. The number of ether oxygens (including phenoxy) is 2. The van der Waals surface area contributed by atoms with E-state index in [1.165, 1.54) is 6.92 Å². The van der Waals surface area contributed by atoms with Crippen molar-refractivity contribution in [2.45, 2.75) is 53.2 Å². The molecular formula is C22H26O4. The van der Waals surface area contributed by atoms with Gasteiger partial charge in [0.2, 0.25) is 0 Å². The minimum absolute atomic E-state index is 0.316. The number of aryl methyl sites for hydroxylation is 1. The molecular weight excluding hydrogens is 328 g/mol. The van der Waals surface area contributed by atoms with E-state index in [0.717, 1.165) is 22.3 Å². The first-order chi connectivity index (χ1) is 12.1. The Morgan fingerprint density at radius 3 is 2.27 bits per heavy atom. The van der Waals surface area contributed by atoms with Crippen molar-refractivity contribution in [1.29, 1.82) is 0 Å². The maximum Gasteiger partial charge on any atom is 0.338 e. The summed E-state index contributed by atoms with van der Waals surface area (Å²) in [5, 5.41) is 0. The van der Waals surface area contributed by atoms with E-state index in [2.05, 4.69) is 0 Å². The second kappa shape index (κ2) is 7.73. The van der Waals surface area contributed by atoms with Crippen molar-refractivity contribution < 1.29 is 19.1 Å². The van der Waals surface area contributed by atoms with Crippen LogP contribution >= 0.6 is 0 Å². The van der Waals surface area contributed by atoms with Crippen molar-refractivity contribution in [3.8, 4) is 11.1 Å².